The fraction of sp³-hybridized carbons (Fsp3) is 0.143. The first-order chi connectivity index (χ1) is 10.7. The minimum absolute atomic E-state index is 0.506. The molecule has 0 fully saturated rings. The molecule has 0 aliphatic heterocycles. The normalized spacial score (nSPS) is 11.6. The molecular formula is C21H18O. The van der Waals surface area contributed by atoms with Crippen molar-refractivity contribution in [2.24, 2.45) is 0 Å². The third-order valence-electron chi connectivity index (χ3n) is 4.27. The van der Waals surface area contributed by atoms with E-state index in [0.29, 0.717) is 5.92 Å². The van der Waals surface area contributed by atoms with E-state index in [0.717, 1.165) is 16.7 Å². The van der Waals surface area contributed by atoms with Gasteiger partial charge in [0.25, 0.3) is 0 Å². The van der Waals surface area contributed by atoms with Gasteiger partial charge in [0.15, 0.2) is 0 Å². The lowest BCUT2D eigenvalue weighted by molar-refractivity contribution is 0.668. The van der Waals surface area contributed by atoms with Crippen molar-refractivity contribution in [1.82, 2.24) is 0 Å². The summed E-state index contributed by atoms with van der Waals surface area (Å²) < 4.78 is 6.23. The van der Waals surface area contributed by atoms with Crippen LogP contribution >= 0.6 is 0 Å². The van der Waals surface area contributed by atoms with E-state index in [1.54, 1.807) is 0 Å². The van der Waals surface area contributed by atoms with E-state index in [1.165, 1.54) is 21.9 Å². The number of fused-ring (bicyclic) bond motifs is 3. The van der Waals surface area contributed by atoms with E-state index in [4.69, 9.17) is 4.42 Å². The molecule has 0 bridgehead atoms. The van der Waals surface area contributed by atoms with Gasteiger partial charge < -0.3 is 4.42 Å². The summed E-state index contributed by atoms with van der Waals surface area (Å²) in [4.78, 5) is 0. The van der Waals surface area contributed by atoms with Crippen molar-refractivity contribution in [3.63, 3.8) is 0 Å². The van der Waals surface area contributed by atoms with Gasteiger partial charge in [0, 0.05) is 16.3 Å². The summed E-state index contributed by atoms with van der Waals surface area (Å²) >= 11 is 0. The predicted octanol–water partition coefficient (Wildman–Crippen LogP) is 6.38. The largest absolute Gasteiger partial charge is 0.455 e. The first kappa shape index (κ1) is 13.1. The summed E-state index contributed by atoms with van der Waals surface area (Å²) in [6.07, 6.45) is 0. The Bertz CT molecular complexity index is 946. The minimum Gasteiger partial charge on any atom is -0.455 e. The topological polar surface area (TPSA) is 13.1 Å². The van der Waals surface area contributed by atoms with Crippen molar-refractivity contribution in [2.45, 2.75) is 19.8 Å². The van der Waals surface area contributed by atoms with Crippen LogP contribution in [0.2, 0.25) is 0 Å². The summed E-state index contributed by atoms with van der Waals surface area (Å²) in [6, 6.07) is 23.4. The maximum absolute atomic E-state index is 6.23. The summed E-state index contributed by atoms with van der Waals surface area (Å²) in [5, 5.41) is 2.38. The molecule has 1 nitrogen and oxygen atoms in total. The van der Waals surface area contributed by atoms with E-state index < -0.39 is 0 Å². The number of para-hydroxylation sites is 1. The second-order valence-corrected chi connectivity index (χ2v) is 6.06. The molecule has 4 aromatic rings. The summed E-state index contributed by atoms with van der Waals surface area (Å²) in [5.74, 6) is 0.506. The van der Waals surface area contributed by atoms with Crippen LogP contribution in [0.15, 0.2) is 71.1 Å². The molecule has 0 aliphatic rings. The van der Waals surface area contributed by atoms with Gasteiger partial charge in [0.1, 0.15) is 11.2 Å². The average Bonchev–Trinajstić information content (AvgIpc) is 2.93. The molecule has 4 rings (SSSR count). The van der Waals surface area contributed by atoms with Crippen LogP contribution in [0.5, 0.6) is 0 Å². The van der Waals surface area contributed by atoms with Gasteiger partial charge in [-0.3, -0.25) is 0 Å². The first-order valence-electron chi connectivity index (χ1n) is 7.74. The van der Waals surface area contributed by atoms with Crippen LogP contribution in [-0.4, -0.2) is 0 Å². The Morgan fingerprint density at radius 2 is 1.59 bits per heavy atom. The lowest BCUT2D eigenvalue weighted by Gasteiger charge is -2.03. The van der Waals surface area contributed by atoms with Crippen molar-refractivity contribution in [2.75, 3.05) is 0 Å². The van der Waals surface area contributed by atoms with Crippen LogP contribution in [-0.2, 0) is 0 Å². The average molecular weight is 286 g/mol. The van der Waals surface area contributed by atoms with Crippen molar-refractivity contribution in [1.29, 1.82) is 0 Å². The second kappa shape index (κ2) is 5.03. The molecule has 0 N–H and O–H groups in total. The van der Waals surface area contributed by atoms with E-state index in [1.807, 2.05) is 6.07 Å². The monoisotopic (exact) mass is 286 g/mol. The highest BCUT2D eigenvalue weighted by molar-refractivity contribution is 6.09. The molecule has 0 saturated carbocycles. The molecule has 22 heavy (non-hydrogen) atoms. The first-order valence-corrected chi connectivity index (χ1v) is 7.74. The van der Waals surface area contributed by atoms with Gasteiger partial charge in [-0.15, -0.1) is 0 Å². The van der Waals surface area contributed by atoms with Crippen LogP contribution in [0.25, 0.3) is 33.1 Å². The zero-order valence-electron chi connectivity index (χ0n) is 12.8. The fourth-order valence-corrected chi connectivity index (χ4v) is 3.02. The fourth-order valence-electron chi connectivity index (χ4n) is 3.02. The molecule has 0 atom stereocenters. The van der Waals surface area contributed by atoms with Gasteiger partial charge in [0.05, 0.1) is 0 Å². The van der Waals surface area contributed by atoms with Crippen LogP contribution in [0.4, 0.5) is 0 Å². The highest BCUT2D eigenvalue weighted by atomic mass is 16.3. The van der Waals surface area contributed by atoms with Crippen LogP contribution in [0, 0.1) is 0 Å². The predicted molar refractivity (Wildman–Crippen MR) is 93.2 cm³/mol. The SMILES string of the molecule is CC(C)c1ccc2c(c1)oc1c(-c3ccccc3)cccc12. The van der Waals surface area contributed by atoms with Gasteiger partial charge in [-0.1, -0.05) is 74.5 Å². The molecule has 3 aromatic carbocycles. The van der Waals surface area contributed by atoms with Crippen LogP contribution in [0.1, 0.15) is 25.3 Å². The smallest absolute Gasteiger partial charge is 0.143 e. The Morgan fingerprint density at radius 1 is 0.773 bits per heavy atom. The third-order valence-corrected chi connectivity index (χ3v) is 4.27. The Balaban J connectivity index is 2.03. The molecule has 0 amide bonds. The number of furan rings is 1. The van der Waals surface area contributed by atoms with Crippen molar-refractivity contribution in [3.8, 4) is 11.1 Å². The summed E-state index contributed by atoms with van der Waals surface area (Å²) in [6.45, 7) is 4.42. The molecular weight excluding hydrogens is 268 g/mol. The zero-order valence-corrected chi connectivity index (χ0v) is 12.8. The van der Waals surface area contributed by atoms with Crippen molar-refractivity contribution < 1.29 is 4.42 Å². The Labute approximate surface area is 130 Å². The Morgan fingerprint density at radius 3 is 2.36 bits per heavy atom. The highest BCUT2D eigenvalue weighted by Gasteiger charge is 2.12. The third kappa shape index (κ3) is 2.01. The lowest BCUT2D eigenvalue weighted by atomic mass is 10.00. The van der Waals surface area contributed by atoms with E-state index in [2.05, 4.69) is 74.5 Å². The second-order valence-electron chi connectivity index (χ2n) is 6.06. The highest BCUT2D eigenvalue weighted by Crippen LogP contribution is 2.36. The maximum Gasteiger partial charge on any atom is 0.143 e. The van der Waals surface area contributed by atoms with Gasteiger partial charge in [-0.05, 0) is 23.1 Å². The van der Waals surface area contributed by atoms with Gasteiger partial charge in [-0.25, -0.2) is 0 Å². The summed E-state index contributed by atoms with van der Waals surface area (Å²) in [5.41, 5.74) is 5.61. The Kier molecular flexibility index (Phi) is 3.00. The molecule has 0 unspecified atom stereocenters. The van der Waals surface area contributed by atoms with E-state index in [-0.39, 0.29) is 0 Å². The van der Waals surface area contributed by atoms with Gasteiger partial charge >= 0.3 is 0 Å². The molecule has 1 heteroatoms. The van der Waals surface area contributed by atoms with Crippen LogP contribution in [0.3, 0.4) is 0 Å². The summed E-state index contributed by atoms with van der Waals surface area (Å²) in [7, 11) is 0. The maximum atomic E-state index is 6.23. The zero-order chi connectivity index (χ0) is 15.1. The van der Waals surface area contributed by atoms with Crippen molar-refractivity contribution >= 4 is 21.9 Å². The molecule has 108 valence electrons. The molecule has 1 aromatic heterocycles. The standard InChI is InChI=1S/C21H18O/c1-14(2)16-11-12-18-19-10-6-9-17(15-7-4-3-5-8-15)21(19)22-20(18)13-16/h3-14H,1-2H3. The van der Waals surface area contributed by atoms with E-state index in [9.17, 15) is 0 Å². The van der Waals surface area contributed by atoms with E-state index >= 15 is 0 Å². The number of benzene rings is 3. The minimum atomic E-state index is 0.506. The van der Waals surface area contributed by atoms with Crippen molar-refractivity contribution in [3.05, 3.63) is 72.3 Å². The van der Waals surface area contributed by atoms with Crippen LogP contribution < -0.4 is 0 Å². The lowest BCUT2D eigenvalue weighted by Crippen LogP contribution is -1.84. The molecule has 0 radical (unpaired) electrons. The molecule has 1 heterocycles. The Hall–Kier alpha value is -2.54. The quantitative estimate of drug-likeness (QED) is 0.417. The van der Waals surface area contributed by atoms with Gasteiger partial charge in [0.2, 0.25) is 0 Å². The molecule has 0 spiro atoms. The number of hydrogen-bond acceptors (Lipinski definition) is 1. The van der Waals surface area contributed by atoms with Gasteiger partial charge in [-0.2, -0.15) is 0 Å². The molecule has 0 saturated heterocycles. The number of rotatable bonds is 2. The number of hydrogen-bond donors (Lipinski definition) is 0. The molecule has 0 aliphatic carbocycles.